The average molecular weight is 326 g/mol. The molecule has 2 N–H and O–H groups in total. The van der Waals surface area contributed by atoms with Gasteiger partial charge in [0, 0.05) is 24.4 Å². The number of rotatable bonds is 4. The number of carbonyl (C=O) groups excluding carboxylic acids is 2. The van der Waals surface area contributed by atoms with Crippen molar-refractivity contribution >= 4 is 56.0 Å². The first kappa shape index (κ1) is 19.0. The van der Waals surface area contributed by atoms with Crippen LogP contribution in [0.25, 0.3) is 0 Å². The molecule has 0 rings (SSSR count). The van der Waals surface area contributed by atoms with Gasteiger partial charge in [0.2, 0.25) is 10.5 Å². The minimum atomic E-state index is 0.121. The molecule has 0 heterocycles. The molecule has 0 unspecified atom stereocenters. The van der Waals surface area contributed by atoms with Crippen molar-refractivity contribution < 1.29 is 9.59 Å². The summed E-state index contributed by atoms with van der Waals surface area (Å²) in [5, 5.41) is 2.17. The summed E-state index contributed by atoms with van der Waals surface area (Å²) in [6.07, 6.45) is 2.63. The van der Waals surface area contributed by atoms with Gasteiger partial charge in [-0.15, -0.1) is 0 Å². The summed E-state index contributed by atoms with van der Waals surface area (Å²) in [5.41, 5.74) is 5.29. The maximum atomic E-state index is 8.50. The fourth-order valence-corrected chi connectivity index (χ4v) is 2.17. The van der Waals surface area contributed by atoms with Gasteiger partial charge in [-0.2, -0.15) is 0 Å². The van der Waals surface area contributed by atoms with E-state index in [4.69, 9.17) is 15.3 Å². The van der Waals surface area contributed by atoms with Gasteiger partial charge in [-0.05, 0) is 0 Å². The Kier molecular flexibility index (Phi) is 43.1. The molecular weight excluding hydrogens is 313 g/mol. The zero-order chi connectivity index (χ0) is 10.9. The summed E-state index contributed by atoms with van der Waals surface area (Å²) in [6, 6.07) is 0. The molecule has 0 aliphatic carbocycles. The molecule has 3 nitrogen and oxygen atoms in total. The molecule has 74 valence electrons. The van der Waals surface area contributed by atoms with Gasteiger partial charge < -0.3 is 0 Å². The number of unbranched alkanes of at least 4 members (excludes halogenated alkanes) is 1. The van der Waals surface area contributed by atoms with Gasteiger partial charge in [0.25, 0.3) is 0 Å². The minimum absolute atomic E-state index is 0.121. The molecule has 0 bridgehead atoms. The molecule has 0 aliphatic rings. The summed E-state index contributed by atoms with van der Waals surface area (Å²) in [5.74, 6) is 0. The van der Waals surface area contributed by atoms with Crippen LogP contribution < -0.4 is 5.73 Å². The van der Waals surface area contributed by atoms with Crippen molar-refractivity contribution in [1.82, 2.24) is 0 Å². The van der Waals surface area contributed by atoms with Crippen LogP contribution in [0.1, 0.15) is 12.8 Å². The normalized spacial score (nSPS) is 6.31. The van der Waals surface area contributed by atoms with E-state index in [-0.39, 0.29) is 21.1 Å². The molecule has 6 heteroatoms. The van der Waals surface area contributed by atoms with E-state index in [0.29, 0.717) is 0 Å². The summed E-state index contributed by atoms with van der Waals surface area (Å²) in [6.45, 7) is 0.888. The van der Waals surface area contributed by atoms with E-state index in [9.17, 15) is 0 Å². The predicted molar refractivity (Wildman–Crippen MR) is 61.3 cm³/mol. The molecule has 13 heavy (non-hydrogen) atoms. The van der Waals surface area contributed by atoms with Gasteiger partial charge in [0.15, 0.2) is 0 Å². The topological polar surface area (TPSA) is 60.2 Å². The van der Waals surface area contributed by atoms with E-state index in [0.717, 1.165) is 17.0 Å². The van der Waals surface area contributed by atoms with Crippen molar-refractivity contribution in [3.63, 3.8) is 0 Å². The molecule has 0 aliphatic heterocycles. The molecule has 0 fully saturated rings. The molecule has 0 saturated heterocycles. The number of hydrogen-bond donors (Lipinski definition) is 1. The zero-order valence-electron chi connectivity index (χ0n) is 7.54. The van der Waals surface area contributed by atoms with Crippen LogP contribution in [-0.4, -0.2) is 38.2 Å². The standard InChI is InChI=1S/C4H10N.2COS.CH3.Sn/c1-2-3-4-5;2*2-1-3;;/h1-5H2;;;1H3;. The summed E-state index contributed by atoms with van der Waals surface area (Å²) in [4.78, 5) is 19.4. The fourth-order valence-electron chi connectivity index (χ4n) is 0.446. The van der Waals surface area contributed by atoms with Crippen LogP contribution >= 0.6 is 24.4 Å². The monoisotopic (exact) mass is 327 g/mol. The Bertz CT molecular complexity index is 127. The van der Waals surface area contributed by atoms with Crippen LogP contribution in [-0.2, 0) is 9.59 Å². The number of nitrogens with two attached hydrogens (primary N) is 1. The van der Waals surface area contributed by atoms with E-state index >= 15 is 0 Å². The van der Waals surface area contributed by atoms with Gasteiger partial charge in [0.05, 0.1) is 0 Å². The Morgan fingerprint density at radius 2 is 1.62 bits per heavy atom. The van der Waals surface area contributed by atoms with E-state index in [1.54, 1.807) is 0 Å². The molecule has 0 aromatic rings. The Labute approximate surface area is 99.7 Å². The van der Waals surface area contributed by atoms with E-state index in [2.05, 4.69) is 29.4 Å². The Hall–Kier alpha value is 0.359. The third-order valence-electron chi connectivity index (χ3n) is 0.881. The number of thiocarbonyl (C=S) groups is 2. The fraction of sp³-hybridized carbons (Fsp3) is 0.714. The predicted octanol–water partition coefficient (Wildman–Crippen LogP) is 1.40. The number of hydrogen-bond acceptors (Lipinski definition) is 5. The molecule has 0 atom stereocenters. The van der Waals surface area contributed by atoms with Crippen molar-refractivity contribution in [3.8, 4) is 0 Å². The summed E-state index contributed by atoms with van der Waals surface area (Å²) < 4.78 is 1.51. The maximum absolute atomic E-state index is 8.50. The molecular formula is C7H13NO2S2Sn. The average Bonchev–Trinajstić information content (AvgIpc) is 2.08. The molecule has 0 spiro atoms. The van der Waals surface area contributed by atoms with Crippen LogP contribution in [0.3, 0.4) is 0 Å². The first-order valence-electron chi connectivity index (χ1n) is 3.58. The summed E-state index contributed by atoms with van der Waals surface area (Å²) >= 11 is 7.30. The molecule has 0 aromatic carbocycles. The first-order chi connectivity index (χ1) is 6.24. The quantitative estimate of drug-likeness (QED) is 0.481. The Morgan fingerprint density at radius 1 is 1.23 bits per heavy atom. The van der Waals surface area contributed by atoms with Crippen molar-refractivity contribution in [2.45, 2.75) is 22.2 Å². The Morgan fingerprint density at radius 3 is 1.85 bits per heavy atom. The van der Waals surface area contributed by atoms with Crippen LogP contribution in [0, 0.1) is 0 Å². The second-order valence-corrected chi connectivity index (χ2v) is 5.54. The van der Waals surface area contributed by atoms with Gasteiger partial charge in [0.1, 0.15) is 0 Å². The first-order valence-corrected chi connectivity index (χ1v) is 9.27. The van der Waals surface area contributed by atoms with Gasteiger partial charge in [-0.1, -0.05) is 0 Å². The van der Waals surface area contributed by atoms with Crippen molar-refractivity contribution in [1.29, 1.82) is 0 Å². The van der Waals surface area contributed by atoms with Crippen molar-refractivity contribution in [3.05, 3.63) is 0 Å². The van der Waals surface area contributed by atoms with Crippen molar-refractivity contribution in [2.75, 3.05) is 6.54 Å². The third kappa shape index (κ3) is 69.8. The Balaban J connectivity index is -0.000000140. The van der Waals surface area contributed by atoms with Crippen LogP contribution in [0.15, 0.2) is 0 Å². The molecule has 0 saturated carbocycles. The second-order valence-electron chi connectivity index (χ2n) is 1.77. The molecule has 0 aromatic heterocycles. The van der Waals surface area contributed by atoms with Gasteiger partial charge >= 0.3 is 55.6 Å². The summed E-state index contributed by atoms with van der Waals surface area (Å²) in [7, 11) is 0. The van der Waals surface area contributed by atoms with Crippen molar-refractivity contribution in [2.24, 2.45) is 5.73 Å². The molecule has 2 radical (unpaired) electrons. The SMILES string of the molecule is O=C=S.O=C=S.[CH3][Sn][CH2]CCCN. The van der Waals surface area contributed by atoms with Crippen LogP contribution in [0.2, 0.25) is 9.38 Å². The van der Waals surface area contributed by atoms with E-state index in [1.165, 1.54) is 17.3 Å². The van der Waals surface area contributed by atoms with E-state index in [1.807, 2.05) is 0 Å². The van der Waals surface area contributed by atoms with Crippen LogP contribution in [0.4, 0.5) is 0 Å². The van der Waals surface area contributed by atoms with Gasteiger partial charge in [-0.3, -0.25) is 0 Å². The zero-order valence-corrected chi connectivity index (χ0v) is 12.0. The third-order valence-corrected chi connectivity index (χ3v) is 3.32. The molecule has 0 amide bonds. The van der Waals surface area contributed by atoms with Crippen LogP contribution in [0.5, 0.6) is 0 Å². The van der Waals surface area contributed by atoms with E-state index < -0.39 is 0 Å². The second kappa shape index (κ2) is 29.4. The van der Waals surface area contributed by atoms with Gasteiger partial charge in [-0.25, -0.2) is 9.59 Å².